The van der Waals surface area contributed by atoms with Crippen molar-refractivity contribution in [2.24, 2.45) is 0 Å². The predicted molar refractivity (Wildman–Crippen MR) is 132 cm³/mol. The van der Waals surface area contributed by atoms with Gasteiger partial charge in [-0.15, -0.1) is 0 Å². The third-order valence-electron chi connectivity index (χ3n) is 6.79. The van der Waals surface area contributed by atoms with Crippen LogP contribution in [0.4, 0.5) is 0 Å². The highest BCUT2D eigenvalue weighted by atomic mass is 35.5. The number of rotatable bonds is 6. The molecule has 4 aromatic rings. The molecule has 1 unspecified atom stereocenters. The Morgan fingerprint density at radius 2 is 1.78 bits per heavy atom. The molecule has 2 aromatic carbocycles. The van der Waals surface area contributed by atoms with Crippen LogP contribution in [-0.2, 0) is 9.47 Å². The van der Waals surface area contributed by atoms with Gasteiger partial charge in [-0.05, 0) is 17.2 Å². The number of nitrogens with zero attached hydrogens (tertiary/aromatic N) is 2. The van der Waals surface area contributed by atoms with Crippen LogP contribution in [0.2, 0.25) is 5.02 Å². The molecule has 0 radical (unpaired) electrons. The Balaban J connectivity index is 1.22. The lowest BCUT2D eigenvalue weighted by molar-refractivity contribution is -0.147. The van der Waals surface area contributed by atoms with Gasteiger partial charge in [0.05, 0.1) is 36.1 Å². The summed E-state index contributed by atoms with van der Waals surface area (Å²) >= 11 is 6.56. The summed E-state index contributed by atoms with van der Waals surface area (Å²) in [4.78, 5) is 12.2. The first-order chi connectivity index (χ1) is 17.5. The molecule has 4 N–H and O–H groups in total. The molecule has 2 fully saturated rings. The number of aliphatic hydroxyl groups excluding tert-OH is 2. The second kappa shape index (κ2) is 9.11. The molecule has 186 valence electrons. The van der Waals surface area contributed by atoms with Crippen molar-refractivity contribution in [3.63, 3.8) is 0 Å². The van der Waals surface area contributed by atoms with Crippen LogP contribution in [0.1, 0.15) is 0 Å². The minimum atomic E-state index is -1.70. The van der Waals surface area contributed by atoms with E-state index in [0.29, 0.717) is 21.9 Å². The summed E-state index contributed by atoms with van der Waals surface area (Å²) in [6.07, 6.45) is -3.41. The zero-order chi connectivity index (χ0) is 24.9. The standard InChI is InChI=1S/C26H24ClN3O6/c27-17-10-18-24(29-21(17)16-8-6-15(7-9-16)14-4-2-1-3-5-14)30-25(28-18)36-19-12-34-23-22(19)35-13-26(23,33)20(32)11-31/h1-10,19-20,22-23,31-33H,11-13H2,(H,28,29,30)/t19-,20?,22-,23-,26+/m1/s1. The number of benzene rings is 2. The summed E-state index contributed by atoms with van der Waals surface area (Å²) in [5.74, 6) is 0. The summed E-state index contributed by atoms with van der Waals surface area (Å²) in [5, 5.41) is 30.5. The smallest absolute Gasteiger partial charge is 0.296 e. The number of aromatic amines is 1. The Hall–Kier alpha value is -3.05. The molecule has 4 heterocycles. The largest absolute Gasteiger partial charge is 0.456 e. The molecule has 0 saturated carbocycles. The average Bonchev–Trinajstić information content (AvgIpc) is 3.59. The van der Waals surface area contributed by atoms with Crippen LogP contribution < -0.4 is 4.74 Å². The van der Waals surface area contributed by atoms with E-state index < -0.39 is 36.6 Å². The minimum Gasteiger partial charge on any atom is -0.456 e. The van der Waals surface area contributed by atoms with Crippen LogP contribution in [0.3, 0.4) is 0 Å². The number of hydrogen-bond donors (Lipinski definition) is 4. The maximum atomic E-state index is 10.7. The van der Waals surface area contributed by atoms with E-state index in [2.05, 4.69) is 27.1 Å². The third-order valence-corrected chi connectivity index (χ3v) is 7.08. The summed E-state index contributed by atoms with van der Waals surface area (Å²) in [7, 11) is 0. The lowest BCUT2D eigenvalue weighted by Gasteiger charge is -2.30. The molecule has 5 atom stereocenters. The lowest BCUT2D eigenvalue weighted by Crippen LogP contribution is -2.54. The Bertz CT molecular complexity index is 1380. The van der Waals surface area contributed by atoms with Gasteiger partial charge in [0.2, 0.25) is 0 Å². The highest BCUT2D eigenvalue weighted by Gasteiger charge is 2.60. The maximum absolute atomic E-state index is 10.7. The maximum Gasteiger partial charge on any atom is 0.296 e. The van der Waals surface area contributed by atoms with Gasteiger partial charge in [0.1, 0.15) is 23.9 Å². The van der Waals surface area contributed by atoms with Crippen molar-refractivity contribution < 1.29 is 29.5 Å². The normalized spacial score (nSPS) is 26.3. The third kappa shape index (κ3) is 3.94. The molecule has 9 nitrogen and oxygen atoms in total. The zero-order valence-electron chi connectivity index (χ0n) is 19.0. The van der Waals surface area contributed by atoms with E-state index in [4.69, 9.17) is 25.8 Å². The first kappa shape index (κ1) is 23.4. The number of imidazole rings is 1. The molecular weight excluding hydrogens is 486 g/mol. The average molecular weight is 510 g/mol. The van der Waals surface area contributed by atoms with Gasteiger partial charge in [-0.1, -0.05) is 66.2 Å². The lowest BCUT2D eigenvalue weighted by atomic mass is 9.90. The highest BCUT2D eigenvalue weighted by molar-refractivity contribution is 6.33. The van der Waals surface area contributed by atoms with Crippen molar-refractivity contribution in [2.45, 2.75) is 30.0 Å². The van der Waals surface area contributed by atoms with Crippen molar-refractivity contribution in [3.8, 4) is 28.4 Å². The molecule has 2 aliphatic heterocycles. The monoisotopic (exact) mass is 509 g/mol. The fourth-order valence-electron chi connectivity index (χ4n) is 4.81. The Labute approximate surface area is 211 Å². The minimum absolute atomic E-state index is 0.125. The number of pyridine rings is 1. The summed E-state index contributed by atoms with van der Waals surface area (Å²) in [6.45, 7) is -0.654. The number of aromatic nitrogens is 3. The van der Waals surface area contributed by atoms with E-state index in [1.165, 1.54) is 0 Å². The molecule has 0 amide bonds. The van der Waals surface area contributed by atoms with Crippen LogP contribution in [0.15, 0.2) is 60.7 Å². The summed E-state index contributed by atoms with van der Waals surface area (Å²) < 4.78 is 17.3. The van der Waals surface area contributed by atoms with Gasteiger partial charge < -0.3 is 34.5 Å². The number of aliphatic hydroxyl groups is 3. The highest BCUT2D eigenvalue weighted by Crippen LogP contribution is 2.38. The molecule has 36 heavy (non-hydrogen) atoms. The van der Waals surface area contributed by atoms with Gasteiger partial charge in [0.15, 0.2) is 11.8 Å². The van der Waals surface area contributed by atoms with Crippen molar-refractivity contribution in [1.82, 2.24) is 15.0 Å². The van der Waals surface area contributed by atoms with E-state index in [1.807, 2.05) is 42.5 Å². The quantitative estimate of drug-likeness (QED) is 0.312. The number of halogens is 1. The summed E-state index contributed by atoms with van der Waals surface area (Å²) in [6, 6.07) is 20.1. The number of nitrogens with one attached hydrogen (secondary N) is 1. The fraction of sp³-hybridized carbons (Fsp3) is 0.308. The van der Waals surface area contributed by atoms with Gasteiger partial charge in [-0.2, -0.15) is 4.98 Å². The van der Waals surface area contributed by atoms with Gasteiger partial charge in [-0.3, -0.25) is 0 Å². The van der Waals surface area contributed by atoms with Crippen molar-refractivity contribution in [2.75, 3.05) is 19.8 Å². The Morgan fingerprint density at radius 1 is 1.06 bits per heavy atom. The molecule has 2 saturated heterocycles. The van der Waals surface area contributed by atoms with E-state index in [9.17, 15) is 15.3 Å². The fourth-order valence-corrected chi connectivity index (χ4v) is 5.07. The Kier molecular flexibility index (Phi) is 5.91. The van der Waals surface area contributed by atoms with Gasteiger partial charge in [-0.25, -0.2) is 4.98 Å². The number of fused-ring (bicyclic) bond motifs is 2. The van der Waals surface area contributed by atoms with Crippen LogP contribution in [0, 0.1) is 0 Å². The van der Waals surface area contributed by atoms with Gasteiger partial charge in [0.25, 0.3) is 6.01 Å². The molecule has 2 aromatic heterocycles. The molecule has 10 heteroatoms. The van der Waals surface area contributed by atoms with Crippen molar-refractivity contribution >= 4 is 22.8 Å². The first-order valence-corrected chi connectivity index (χ1v) is 12.0. The summed E-state index contributed by atoms with van der Waals surface area (Å²) in [5.41, 5.74) is 3.03. The molecule has 0 spiro atoms. The molecule has 2 aliphatic rings. The number of H-pyrrole nitrogens is 1. The number of ether oxygens (including phenoxy) is 3. The SMILES string of the molecule is OCC(O)[C@@]1(O)CO[C@H]2[C@H]1OC[C@H]2Oc1nc2nc(-c3ccc(-c4ccccc4)cc3)c(Cl)cc2[nH]1. The van der Waals surface area contributed by atoms with Gasteiger partial charge in [0, 0.05) is 5.56 Å². The second-order valence-electron chi connectivity index (χ2n) is 9.05. The van der Waals surface area contributed by atoms with Crippen LogP contribution in [-0.4, -0.2) is 80.1 Å². The first-order valence-electron chi connectivity index (χ1n) is 11.6. The van der Waals surface area contributed by atoms with Crippen molar-refractivity contribution in [1.29, 1.82) is 0 Å². The molecule has 0 aliphatic carbocycles. The van der Waals surface area contributed by atoms with Crippen LogP contribution in [0.25, 0.3) is 33.5 Å². The van der Waals surface area contributed by atoms with E-state index in [1.54, 1.807) is 6.07 Å². The van der Waals surface area contributed by atoms with Gasteiger partial charge >= 0.3 is 0 Å². The topological polar surface area (TPSA) is 130 Å². The second-order valence-corrected chi connectivity index (χ2v) is 9.46. The van der Waals surface area contributed by atoms with E-state index in [-0.39, 0.29) is 19.2 Å². The van der Waals surface area contributed by atoms with E-state index in [0.717, 1.165) is 16.7 Å². The molecular formula is C26H24ClN3O6. The van der Waals surface area contributed by atoms with E-state index >= 15 is 0 Å². The van der Waals surface area contributed by atoms with Crippen molar-refractivity contribution in [3.05, 3.63) is 65.7 Å². The molecule has 6 rings (SSSR count). The van der Waals surface area contributed by atoms with Crippen LogP contribution in [0.5, 0.6) is 6.01 Å². The molecule has 0 bridgehead atoms. The zero-order valence-corrected chi connectivity index (χ0v) is 19.8. The predicted octanol–water partition coefficient (Wildman–Crippen LogP) is 2.57. The Morgan fingerprint density at radius 3 is 2.53 bits per heavy atom. The number of hydrogen-bond acceptors (Lipinski definition) is 8. The van der Waals surface area contributed by atoms with Crippen LogP contribution >= 0.6 is 11.6 Å².